The summed E-state index contributed by atoms with van der Waals surface area (Å²) in [7, 11) is 0. The van der Waals surface area contributed by atoms with Crippen molar-refractivity contribution >= 4 is 22.6 Å². The van der Waals surface area contributed by atoms with Crippen molar-refractivity contribution in [1.29, 1.82) is 0 Å². The van der Waals surface area contributed by atoms with Crippen LogP contribution in [0.1, 0.15) is 22.3 Å². The van der Waals surface area contributed by atoms with Crippen LogP contribution in [0.15, 0.2) is 45.6 Å². The summed E-state index contributed by atoms with van der Waals surface area (Å²) in [5.74, 6) is 0.531. The van der Waals surface area contributed by atoms with Gasteiger partial charge >= 0.3 is 5.63 Å². The predicted octanol–water partition coefficient (Wildman–Crippen LogP) is 3.75. The summed E-state index contributed by atoms with van der Waals surface area (Å²) in [4.78, 5) is 28.7. The molecule has 0 radical (unpaired) electrons. The van der Waals surface area contributed by atoms with Crippen LogP contribution in [-0.2, 0) is 4.79 Å². The number of hydrogen-bond acceptors (Lipinski definition) is 5. The molecule has 6 nitrogen and oxygen atoms in total. The Morgan fingerprint density at radius 3 is 2.48 bits per heavy atom. The van der Waals surface area contributed by atoms with E-state index < -0.39 is 0 Å². The first kappa shape index (κ1) is 21.0. The number of piperazine rings is 1. The molecule has 0 saturated carbocycles. The van der Waals surface area contributed by atoms with Gasteiger partial charge in [0.2, 0.25) is 0 Å². The van der Waals surface area contributed by atoms with Crippen molar-refractivity contribution < 1.29 is 13.9 Å². The smallest absolute Gasteiger partial charge is 0.336 e. The average molecular weight is 421 g/mol. The molecule has 1 aromatic heterocycles. The molecule has 0 aliphatic carbocycles. The van der Waals surface area contributed by atoms with Gasteiger partial charge in [-0.25, -0.2) is 4.79 Å². The van der Waals surface area contributed by atoms with E-state index in [1.54, 1.807) is 0 Å². The van der Waals surface area contributed by atoms with Gasteiger partial charge in [0.05, 0.1) is 5.39 Å². The first-order valence-electron chi connectivity index (χ1n) is 10.6. The number of amides is 1. The highest BCUT2D eigenvalue weighted by Crippen LogP contribution is 2.29. The molecule has 31 heavy (non-hydrogen) atoms. The Kier molecular flexibility index (Phi) is 5.72. The van der Waals surface area contributed by atoms with Gasteiger partial charge in [-0.15, -0.1) is 0 Å². The second-order valence-electron chi connectivity index (χ2n) is 8.26. The maximum Gasteiger partial charge on any atom is 0.336 e. The highest BCUT2D eigenvalue weighted by molar-refractivity contribution is 5.88. The Hall–Kier alpha value is -3.28. The Morgan fingerprint density at radius 1 is 1.00 bits per heavy atom. The minimum atomic E-state index is -0.389. The SMILES string of the molecule is Cc1cc(OCC(=O)N2CCN(c3cccc(C)c3C)CC2)c2c(C)cc(=O)oc2c1. The molecule has 2 heterocycles. The van der Waals surface area contributed by atoms with Gasteiger partial charge in [0, 0.05) is 37.9 Å². The maximum atomic E-state index is 12.8. The number of ether oxygens (including phenoxy) is 1. The van der Waals surface area contributed by atoms with Crippen molar-refractivity contribution in [3.63, 3.8) is 0 Å². The highest BCUT2D eigenvalue weighted by atomic mass is 16.5. The molecule has 3 aromatic rings. The van der Waals surface area contributed by atoms with E-state index in [9.17, 15) is 9.59 Å². The van der Waals surface area contributed by atoms with Crippen molar-refractivity contribution in [3.05, 3.63) is 69.1 Å². The van der Waals surface area contributed by atoms with Crippen LogP contribution in [0, 0.1) is 27.7 Å². The van der Waals surface area contributed by atoms with Gasteiger partial charge in [0.1, 0.15) is 11.3 Å². The van der Waals surface area contributed by atoms with E-state index >= 15 is 0 Å². The molecule has 1 aliphatic rings. The third-order valence-electron chi connectivity index (χ3n) is 6.05. The largest absolute Gasteiger partial charge is 0.483 e. The number of anilines is 1. The lowest BCUT2D eigenvalue weighted by Gasteiger charge is -2.37. The van der Waals surface area contributed by atoms with Crippen molar-refractivity contribution in [2.45, 2.75) is 27.7 Å². The summed E-state index contributed by atoms with van der Waals surface area (Å²) in [5, 5.41) is 0.734. The molecular weight excluding hydrogens is 392 g/mol. The van der Waals surface area contributed by atoms with Gasteiger partial charge in [-0.2, -0.15) is 0 Å². The number of aryl methyl sites for hydroxylation is 3. The third kappa shape index (κ3) is 4.29. The zero-order valence-corrected chi connectivity index (χ0v) is 18.5. The van der Waals surface area contributed by atoms with Crippen LogP contribution in [0.5, 0.6) is 5.75 Å². The van der Waals surface area contributed by atoms with Gasteiger partial charge in [-0.1, -0.05) is 12.1 Å². The number of fused-ring (bicyclic) bond motifs is 1. The van der Waals surface area contributed by atoms with E-state index in [0.29, 0.717) is 24.4 Å². The van der Waals surface area contributed by atoms with Crippen molar-refractivity contribution in [2.75, 3.05) is 37.7 Å². The molecule has 1 aliphatic heterocycles. The molecule has 1 saturated heterocycles. The first-order chi connectivity index (χ1) is 14.8. The normalized spacial score (nSPS) is 14.2. The zero-order chi connectivity index (χ0) is 22.1. The molecule has 4 rings (SSSR count). The molecule has 0 atom stereocenters. The Bertz CT molecular complexity index is 1190. The third-order valence-corrected chi connectivity index (χ3v) is 6.05. The maximum absolute atomic E-state index is 12.8. The second-order valence-corrected chi connectivity index (χ2v) is 8.26. The van der Waals surface area contributed by atoms with E-state index in [0.717, 1.165) is 29.6 Å². The van der Waals surface area contributed by atoms with Crippen LogP contribution in [0.25, 0.3) is 11.0 Å². The summed E-state index contributed by atoms with van der Waals surface area (Å²) in [6.45, 7) is 10.9. The fourth-order valence-corrected chi connectivity index (χ4v) is 4.20. The van der Waals surface area contributed by atoms with Crippen LogP contribution in [-0.4, -0.2) is 43.6 Å². The first-order valence-corrected chi connectivity index (χ1v) is 10.6. The quantitative estimate of drug-likeness (QED) is 0.602. The van der Waals surface area contributed by atoms with Crippen LogP contribution < -0.4 is 15.3 Å². The minimum absolute atomic E-state index is 0.0368. The van der Waals surface area contributed by atoms with Gasteiger partial charge in [-0.3, -0.25) is 4.79 Å². The average Bonchev–Trinajstić information content (AvgIpc) is 2.73. The van der Waals surface area contributed by atoms with Crippen LogP contribution in [0.4, 0.5) is 5.69 Å². The van der Waals surface area contributed by atoms with Gasteiger partial charge in [0.25, 0.3) is 5.91 Å². The Morgan fingerprint density at radius 2 is 1.74 bits per heavy atom. The number of rotatable bonds is 4. The molecule has 0 bridgehead atoms. The van der Waals surface area contributed by atoms with Gasteiger partial charge in [-0.05, 0) is 68.1 Å². The number of nitrogens with zero attached hydrogens (tertiary/aromatic N) is 2. The van der Waals surface area contributed by atoms with E-state index in [-0.39, 0.29) is 18.1 Å². The molecule has 1 fully saturated rings. The molecule has 0 N–H and O–H groups in total. The molecule has 2 aromatic carbocycles. The summed E-state index contributed by atoms with van der Waals surface area (Å²) < 4.78 is 11.2. The Labute approximate surface area is 182 Å². The second kappa shape index (κ2) is 8.46. The summed E-state index contributed by atoms with van der Waals surface area (Å²) in [5.41, 5.74) is 5.59. The van der Waals surface area contributed by atoms with Crippen molar-refractivity contribution in [1.82, 2.24) is 4.90 Å². The van der Waals surface area contributed by atoms with E-state index in [4.69, 9.17) is 9.15 Å². The van der Waals surface area contributed by atoms with Crippen molar-refractivity contribution in [3.8, 4) is 5.75 Å². The lowest BCUT2D eigenvalue weighted by atomic mass is 10.1. The Balaban J connectivity index is 1.43. The fraction of sp³-hybridized carbons (Fsp3) is 0.360. The summed E-state index contributed by atoms with van der Waals surface area (Å²) in [6.07, 6.45) is 0. The lowest BCUT2D eigenvalue weighted by molar-refractivity contribution is -0.133. The monoisotopic (exact) mass is 420 g/mol. The number of hydrogen-bond donors (Lipinski definition) is 0. The van der Waals surface area contributed by atoms with Crippen molar-refractivity contribution in [2.24, 2.45) is 0 Å². The zero-order valence-electron chi connectivity index (χ0n) is 18.5. The minimum Gasteiger partial charge on any atom is -0.483 e. The molecule has 1 amide bonds. The molecule has 6 heteroatoms. The van der Waals surface area contributed by atoms with Gasteiger partial charge < -0.3 is 19.0 Å². The molecule has 0 spiro atoms. The number of carbonyl (C=O) groups excluding carboxylic acids is 1. The number of carbonyl (C=O) groups is 1. The molecule has 0 unspecified atom stereocenters. The van der Waals surface area contributed by atoms with Crippen LogP contribution in [0.2, 0.25) is 0 Å². The number of benzene rings is 2. The van der Waals surface area contributed by atoms with E-state index in [2.05, 4.69) is 36.9 Å². The summed E-state index contributed by atoms with van der Waals surface area (Å²) >= 11 is 0. The standard InChI is InChI=1S/C25H28N2O4/c1-16-12-21(25-18(3)14-24(29)31-22(25)13-16)30-15-23(28)27-10-8-26(9-11-27)20-7-5-6-17(2)19(20)4/h5-7,12-14H,8-11,15H2,1-4H3. The highest BCUT2D eigenvalue weighted by Gasteiger charge is 2.23. The van der Waals surface area contributed by atoms with Crippen LogP contribution in [0.3, 0.4) is 0 Å². The van der Waals surface area contributed by atoms with Crippen LogP contribution >= 0.6 is 0 Å². The fourth-order valence-electron chi connectivity index (χ4n) is 4.20. The molecular formula is C25H28N2O4. The molecule has 162 valence electrons. The lowest BCUT2D eigenvalue weighted by Crippen LogP contribution is -2.50. The van der Waals surface area contributed by atoms with E-state index in [1.165, 1.54) is 22.9 Å². The summed E-state index contributed by atoms with van der Waals surface area (Å²) in [6, 6.07) is 11.5. The van der Waals surface area contributed by atoms with E-state index in [1.807, 2.05) is 30.9 Å². The van der Waals surface area contributed by atoms with Gasteiger partial charge in [0.15, 0.2) is 6.61 Å². The predicted molar refractivity (Wildman–Crippen MR) is 122 cm³/mol. The topological polar surface area (TPSA) is 63.0 Å².